The van der Waals surface area contributed by atoms with Crippen molar-refractivity contribution in [1.29, 1.82) is 0 Å². The van der Waals surface area contributed by atoms with E-state index in [0.29, 0.717) is 0 Å². The summed E-state index contributed by atoms with van der Waals surface area (Å²) in [6.07, 6.45) is 4.41. The molecule has 1 rings (SSSR count). The van der Waals surface area contributed by atoms with Gasteiger partial charge in [0, 0.05) is 0 Å². The minimum atomic E-state index is 0. The molecule has 0 radical (unpaired) electrons. The number of hydrogen-bond acceptors (Lipinski definition) is 2. The van der Waals surface area contributed by atoms with Gasteiger partial charge in [-0.1, -0.05) is 6.42 Å². The van der Waals surface area contributed by atoms with Crippen LogP contribution in [0.25, 0.3) is 0 Å². The predicted octanol–water partition coefficient (Wildman–Crippen LogP) is 2.07. The highest BCUT2D eigenvalue weighted by atomic mass is 32.2. The predicted molar refractivity (Wildman–Crippen MR) is 36.2 cm³/mol. The zero-order valence-corrected chi connectivity index (χ0v) is 5.47. The number of thioether (sulfide) groups is 1. The number of hydrogen-bond donors (Lipinski definition) is 1. The van der Waals surface area contributed by atoms with Crippen molar-refractivity contribution < 1.29 is 0 Å². The first kappa shape index (κ1) is 7.31. The van der Waals surface area contributed by atoms with E-state index in [1.54, 1.807) is 0 Å². The Morgan fingerprint density at radius 2 is 1.43 bits per heavy atom. The molecule has 1 fully saturated rings. The van der Waals surface area contributed by atoms with E-state index in [0.717, 1.165) is 0 Å². The van der Waals surface area contributed by atoms with Gasteiger partial charge in [-0.25, -0.2) is 0 Å². The standard InChI is InChI=1S/C5H10S.H3N/c1-2-4-6-5-3-1;/h1-5H2;1H3. The van der Waals surface area contributed by atoms with Crippen LogP contribution >= 0.6 is 11.8 Å². The Bertz CT molecular complexity index is 23.6. The van der Waals surface area contributed by atoms with Crippen LogP contribution in [0.15, 0.2) is 0 Å². The molecule has 1 saturated heterocycles. The first-order valence-corrected chi connectivity index (χ1v) is 3.73. The minimum absolute atomic E-state index is 0. The fourth-order valence-electron chi connectivity index (χ4n) is 0.687. The van der Waals surface area contributed by atoms with Gasteiger partial charge < -0.3 is 6.15 Å². The normalized spacial score (nSPS) is 20.6. The number of rotatable bonds is 0. The average Bonchev–Trinajstić information content (AvgIpc) is 1.72. The summed E-state index contributed by atoms with van der Waals surface area (Å²) in [7, 11) is 0. The molecule has 0 saturated carbocycles. The van der Waals surface area contributed by atoms with Crippen molar-refractivity contribution in [3.8, 4) is 0 Å². The zero-order valence-electron chi connectivity index (χ0n) is 4.65. The second-order valence-electron chi connectivity index (χ2n) is 1.67. The van der Waals surface area contributed by atoms with E-state index in [1.807, 2.05) is 0 Å². The van der Waals surface area contributed by atoms with Crippen LogP contribution in [0, 0.1) is 0 Å². The van der Waals surface area contributed by atoms with Gasteiger partial charge in [-0.3, -0.25) is 0 Å². The second-order valence-corrected chi connectivity index (χ2v) is 2.90. The molecule has 3 N–H and O–H groups in total. The Kier molecular flexibility index (Phi) is 4.67. The smallest absolute Gasteiger partial charge is 0.00675 e. The first-order chi connectivity index (χ1) is 3.00. The Labute approximate surface area is 49.5 Å². The molecule has 0 aliphatic carbocycles. The van der Waals surface area contributed by atoms with Crippen LogP contribution in [0.2, 0.25) is 0 Å². The van der Waals surface area contributed by atoms with Gasteiger partial charge in [0.25, 0.3) is 0 Å². The summed E-state index contributed by atoms with van der Waals surface area (Å²) in [6.45, 7) is 0. The molecule has 1 aliphatic rings. The van der Waals surface area contributed by atoms with E-state index in [1.165, 1.54) is 30.8 Å². The van der Waals surface area contributed by atoms with Crippen molar-refractivity contribution in [1.82, 2.24) is 6.15 Å². The molecule has 0 unspecified atom stereocenters. The van der Waals surface area contributed by atoms with E-state index in [-0.39, 0.29) is 6.15 Å². The summed E-state index contributed by atoms with van der Waals surface area (Å²) in [4.78, 5) is 0. The summed E-state index contributed by atoms with van der Waals surface area (Å²) in [5, 5.41) is 0. The zero-order chi connectivity index (χ0) is 4.24. The molecule has 0 aromatic carbocycles. The summed E-state index contributed by atoms with van der Waals surface area (Å²) < 4.78 is 0. The van der Waals surface area contributed by atoms with E-state index in [9.17, 15) is 0 Å². The van der Waals surface area contributed by atoms with Gasteiger partial charge >= 0.3 is 0 Å². The molecule has 1 aliphatic heterocycles. The first-order valence-electron chi connectivity index (χ1n) is 2.58. The summed E-state index contributed by atoms with van der Waals surface area (Å²) in [5.41, 5.74) is 0. The van der Waals surface area contributed by atoms with Crippen molar-refractivity contribution in [3.05, 3.63) is 0 Å². The van der Waals surface area contributed by atoms with E-state index in [2.05, 4.69) is 11.8 Å². The Hall–Kier alpha value is 0.310. The Morgan fingerprint density at radius 1 is 0.857 bits per heavy atom. The Balaban J connectivity index is 0.000000360. The van der Waals surface area contributed by atoms with Gasteiger partial charge in [-0.2, -0.15) is 11.8 Å². The topological polar surface area (TPSA) is 35.0 Å². The summed E-state index contributed by atoms with van der Waals surface area (Å²) >= 11 is 2.09. The quantitative estimate of drug-likeness (QED) is 0.529. The lowest BCUT2D eigenvalue weighted by Crippen LogP contribution is -1.91. The lowest BCUT2D eigenvalue weighted by atomic mass is 10.3. The van der Waals surface area contributed by atoms with Gasteiger partial charge in [0.05, 0.1) is 0 Å². The van der Waals surface area contributed by atoms with Gasteiger partial charge in [0.15, 0.2) is 0 Å². The van der Waals surface area contributed by atoms with E-state index < -0.39 is 0 Å². The Morgan fingerprint density at radius 3 is 1.57 bits per heavy atom. The molecule has 1 nitrogen and oxygen atoms in total. The van der Waals surface area contributed by atoms with Crippen LogP contribution in [0.4, 0.5) is 0 Å². The fourth-order valence-corrected chi connectivity index (χ4v) is 1.71. The van der Waals surface area contributed by atoms with Gasteiger partial charge in [0.2, 0.25) is 0 Å². The summed E-state index contributed by atoms with van der Waals surface area (Å²) in [6, 6.07) is 0. The molecular formula is C5H13NS. The van der Waals surface area contributed by atoms with Gasteiger partial charge in [-0.15, -0.1) is 0 Å². The molecule has 0 amide bonds. The van der Waals surface area contributed by atoms with Crippen molar-refractivity contribution in [2.24, 2.45) is 0 Å². The molecule has 1 heterocycles. The van der Waals surface area contributed by atoms with Crippen molar-refractivity contribution >= 4 is 11.8 Å². The second kappa shape index (κ2) is 4.47. The molecule has 0 atom stereocenters. The maximum atomic E-state index is 2.09. The fraction of sp³-hybridized carbons (Fsp3) is 1.00. The third kappa shape index (κ3) is 2.94. The van der Waals surface area contributed by atoms with Gasteiger partial charge in [-0.05, 0) is 24.3 Å². The molecule has 0 aromatic rings. The molecule has 2 heteroatoms. The monoisotopic (exact) mass is 119 g/mol. The maximum absolute atomic E-state index is 2.09. The van der Waals surface area contributed by atoms with Gasteiger partial charge in [0.1, 0.15) is 0 Å². The lowest BCUT2D eigenvalue weighted by molar-refractivity contribution is 0.764. The van der Waals surface area contributed by atoms with Crippen molar-refractivity contribution in [2.45, 2.75) is 19.3 Å². The molecule has 7 heavy (non-hydrogen) atoms. The van der Waals surface area contributed by atoms with Crippen molar-refractivity contribution in [3.63, 3.8) is 0 Å². The van der Waals surface area contributed by atoms with E-state index in [4.69, 9.17) is 0 Å². The molecular weight excluding hydrogens is 106 g/mol. The highest BCUT2D eigenvalue weighted by Gasteiger charge is 1.95. The highest BCUT2D eigenvalue weighted by molar-refractivity contribution is 7.99. The van der Waals surface area contributed by atoms with Crippen molar-refractivity contribution in [2.75, 3.05) is 11.5 Å². The maximum Gasteiger partial charge on any atom is -0.00675 e. The SMILES string of the molecule is C1CCSCC1.N. The summed E-state index contributed by atoms with van der Waals surface area (Å²) in [5.74, 6) is 2.83. The van der Waals surface area contributed by atoms with Crippen LogP contribution in [-0.4, -0.2) is 11.5 Å². The molecule has 0 bridgehead atoms. The third-order valence-corrected chi connectivity index (χ3v) is 2.23. The molecule has 0 aromatic heterocycles. The lowest BCUT2D eigenvalue weighted by Gasteiger charge is -2.05. The molecule has 0 spiro atoms. The van der Waals surface area contributed by atoms with Crippen LogP contribution in [-0.2, 0) is 0 Å². The van der Waals surface area contributed by atoms with E-state index >= 15 is 0 Å². The average molecular weight is 119 g/mol. The third-order valence-electron chi connectivity index (χ3n) is 1.08. The van der Waals surface area contributed by atoms with Crippen LogP contribution in [0.5, 0.6) is 0 Å². The van der Waals surface area contributed by atoms with Crippen LogP contribution in [0.1, 0.15) is 19.3 Å². The largest absolute Gasteiger partial charge is 0.344 e. The van der Waals surface area contributed by atoms with Crippen LogP contribution in [0.3, 0.4) is 0 Å². The highest BCUT2D eigenvalue weighted by Crippen LogP contribution is 2.14. The minimum Gasteiger partial charge on any atom is -0.344 e. The van der Waals surface area contributed by atoms with Crippen LogP contribution < -0.4 is 6.15 Å². The molecule has 44 valence electrons.